The second kappa shape index (κ2) is 5.48. The molecule has 6 nitrogen and oxygen atoms in total. The monoisotopic (exact) mass is 276 g/mol. The number of carbonyl (C=O) groups is 2. The number of furan rings is 1. The van der Waals surface area contributed by atoms with Crippen molar-refractivity contribution in [2.75, 3.05) is 14.2 Å². The summed E-state index contributed by atoms with van der Waals surface area (Å²) >= 11 is 0. The largest absolute Gasteiger partial charge is 0.493 e. The van der Waals surface area contributed by atoms with Crippen molar-refractivity contribution < 1.29 is 28.6 Å². The molecule has 1 aromatic heterocycles. The van der Waals surface area contributed by atoms with Crippen molar-refractivity contribution in [3.05, 3.63) is 47.4 Å². The summed E-state index contributed by atoms with van der Waals surface area (Å²) in [5, 5.41) is 8.76. The molecule has 0 fully saturated rings. The molecule has 20 heavy (non-hydrogen) atoms. The number of aromatic carboxylic acids is 1. The Kier molecular flexibility index (Phi) is 3.74. The maximum absolute atomic E-state index is 12.2. The van der Waals surface area contributed by atoms with E-state index in [-0.39, 0.29) is 11.5 Å². The Hall–Kier alpha value is -2.76. The topological polar surface area (TPSA) is 86.0 Å². The van der Waals surface area contributed by atoms with E-state index in [0.29, 0.717) is 17.1 Å². The van der Waals surface area contributed by atoms with E-state index in [1.165, 1.54) is 32.4 Å². The third-order valence-electron chi connectivity index (χ3n) is 2.69. The Balaban J connectivity index is 2.35. The minimum absolute atomic E-state index is 0.0466. The average Bonchev–Trinajstić information content (AvgIpc) is 2.95. The molecule has 1 aromatic carbocycles. The first-order valence-corrected chi connectivity index (χ1v) is 5.66. The molecular formula is C14H12O6. The van der Waals surface area contributed by atoms with Crippen LogP contribution >= 0.6 is 0 Å². The number of carboxylic acid groups (broad SMARTS) is 1. The molecular weight excluding hydrogens is 264 g/mol. The Labute approximate surface area is 114 Å². The first kappa shape index (κ1) is 13.7. The SMILES string of the molecule is COc1ccc(C(=O)c2ccc(C(=O)O)o2)cc1OC. The molecule has 1 N–H and O–H groups in total. The summed E-state index contributed by atoms with van der Waals surface area (Å²) in [4.78, 5) is 22.9. The summed E-state index contributed by atoms with van der Waals surface area (Å²) in [6.45, 7) is 0. The Morgan fingerprint density at radius 3 is 2.20 bits per heavy atom. The van der Waals surface area contributed by atoms with Gasteiger partial charge in [0.1, 0.15) is 0 Å². The predicted molar refractivity (Wildman–Crippen MR) is 68.6 cm³/mol. The number of ether oxygens (including phenoxy) is 2. The fourth-order valence-corrected chi connectivity index (χ4v) is 1.69. The second-order valence-corrected chi connectivity index (χ2v) is 3.87. The van der Waals surface area contributed by atoms with Gasteiger partial charge in [0, 0.05) is 5.56 Å². The van der Waals surface area contributed by atoms with Gasteiger partial charge >= 0.3 is 5.97 Å². The first-order valence-electron chi connectivity index (χ1n) is 5.66. The fourth-order valence-electron chi connectivity index (χ4n) is 1.69. The lowest BCUT2D eigenvalue weighted by Gasteiger charge is -2.08. The number of methoxy groups -OCH3 is 2. The molecule has 0 saturated carbocycles. The Bertz CT molecular complexity index is 655. The van der Waals surface area contributed by atoms with E-state index >= 15 is 0 Å². The van der Waals surface area contributed by atoms with E-state index in [9.17, 15) is 9.59 Å². The molecule has 0 atom stereocenters. The van der Waals surface area contributed by atoms with Crippen molar-refractivity contribution in [1.29, 1.82) is 0 Å². The van der Waals surface area contributed by atoms with Crippen LogP contribution in [0.2, 0.25) is 0 Å². The molecule has 0 aliphatic rings. The van der Waals surface area contributed by atoms with Gasteiger partial charge in [0.15, 0.2) is 17.3 Å². The van der Waals surface area contributed by atoms with Crippen LogP contribution in [0, 0.1) is 0 Å². The summed E-state index contributed by atoms with van der Waals surface area (Å²) in [5.41, 5.74) is 0.314. The summed E-state index contributed by atoms with van der Waals surface area (Å²) in [7, 11) is 2.95. The van der Waals surface area contributed by atoms with Gasteiger partial charge < -0.3 is 19.0 Å². The molecule has 2 rings (SSSR count). The molecule has 0 aliphatic heterocycles. The minimum atomic E-state index is -1.23. The summed E-state index contributed by atoms with van der Waals surface area (Å²) in [5.74, 6) is -1.09. The number of carboxylic acids is 1. The van der Waals surface area contributed by atoms with Gasteiger partial charge in [-0.05, 0) is 30.3 Å². The lowest BCUT2D eigenvalue weighted by Crippen LogP contribution is -2.01. The van der Waals surface area contributed by atoms with Crippen LogP contribution in [0.15, 0.2) is 34.7 Å². The van der Waals surface area contributed by atoms with Gasteiger partial charge in [-0.2, -0.15) is 0 Å². The van der Waals surface area contributed by atoms with Gasteiger partial charge in [-0.15, -0.1) is 0 Å². The number of carbonyl (C=O) groups excluding carboxylic acids is 1. The predicted octanol–water partition coefficient (Wildman–Crippen LogP) is 2.23. The maximum Gasteiger partial charge on any atom is 0.371 e. The normalized spacial score (nSPS) is 10.1. The van der Waals surface area contributed by atoms with Gasteiger partial charge in [0.2, 0.25) is 11.5 Å². The molecule has 6 heteroatoms. The number of hydrogen-bond donors (Lipinski definition) is 1. The van der Waals surface area contributed by atoms with E-state index in [0.717, 1.165) is 0 Å². The molecule has 0 unspecified atom stereocenters. The third-order valence-corrected chi connectivity index (χ3v) is 2.69. The lowest BCUT2D eigenvalue weighted by atomic mass is 10.1. The van der Waals surface area contributed by atoms with Gasteiger partial charge in [-0.3, -0.25) is 4.79 Å². The van der Waals surface area contributed by atoms with E-state index in [2.05, 4.69) is 0 Å². The standard InChI is InChI=1S/C14H12O6/c1-18-9-4-3-8(7-12(9)19-2)13(15)10-5-6-11(20-10)14(16)17/h3-7H,1-2H3,(H,16,17). The van der Waals surface area contributed by atoms with Gasteiger partial charge in [0.25, 0.3) is 0 Å². The number of ketones is 1. The molecule has 0 amide bonds. The fraction of sp³-hybridized carbons (Fsp3) is 0.143. The zero-order valence-electron chi connectivity index (χ0n) is 10.9. The minimum Gasteiger partial charge on any atom is -0.493 e. The van der Waals surface area contributed by atoms with Crippen molar-refractivity contribution in [3.63, 3.8) is 0 Å². The molecule has 0 radical (unpaired) electrons. The highest BCUT2D eigenvalue weighted by Crippen LogP contribution is 2.28. The maximum atomic E-state index is 12.2. The van der Waals surface area contributed by atoms with Crippen molar-refractivity contribution in [2.45, 2.75) is 0 Å². The highest BCUT2D eigenvalue weighted by Gasteiger charge is 2.18. The summed E-state index contributed by atoms with van der Waals surface area (Å²) in [6.07, 6.45) is 0. The van der Waals surface area contributed by atoms with Gasteiger partial charge in [0.05, 0.1) is 14.2 Å². The van der Waals surface area contributed by atoms with E-state index in [1.54, 1.807) is 12.1 Å². The molecule has 0 aliphatic carbocycles. The summed E-state index contributed by atoms with van der Waals surface area (Å²) < 4.78 is 15.1. The molecule has 2 aromatic rings. The van der Waals surface area contributed by atoms with Crippen LogP contribution in [0.5, 0.6) is 11.5 Å². The zero-order chi connectivity index (χ0) is 14.7. The van der Waals surface area contributed by atoms with Crippen molar-refractivity contribution in [1.82, 2.24) is 0 Å². The Morgan fingerprint density at radius 2 is 1.65 bits per heavy atom. The van der Waals surface area contributed by atoms with Crippen LogP contribution in [0.4, 0.5) is 0 Å². The number of rotatable bonds is 5. The van der Waals surface area contributed by atoms with Crippen molar-refractivity contribution in [2.24, 2.45) is 0 Å². The zero-order valence-corrected chi connectivity index (χ0v) is 10.9. The smallest absolute Gasteiger partial charge is 0.371 e. The van der Waals surface area contributed by atoms with Crippen LogP contribution in [-0.4, -0.2) is 31.1 Å². The lowest BCUT2D eigenvalue weighted by molar-refractivity contribution is 0.0660. The highest BCUT2D eigenvalue weighted by atomic mass is 16.5. The number of hydrogen-bond acceptors (Lipinski definition) is 5. The van der Waals surface area contributed by atoms with Crippen LogP contribution in [0.3, 0.4) is 0 Å². The third kappa shape index (κ3) is 2.49. The molecule has 1 heterocycles. The van der Waals surface area contributed by atoms with E-state index < -0.39 is 11.8 Å². The highest BCUT2D eigenvalue weighted by molar-refractivity contribution is 6.08. The van der Waals surface area contributed by atoms with Gasteiger partial charge in [-0.1, -0.05) is 0 Å². The first-order chi connectivity index (χ1) is 9.56. The Morgan fingerprint density at radius 1 is 1.00 bits per heavy atom. The molecule has 0 spiro atoms. The molecule has 0 saturated heterocycles. The summed E-state index contributed by atoms with van der Waals surface area (Å²) in [6, 6.07) is 7.20. The van der Waals surface area contributed by atoms with Crippen LogP contribution in [-0.2, 0) is 0 Å². The second-order valence-electron chi connectivity index (χ2n) is 3.87. The van der Waals surface area contributed by atoms with Crippen LogP contribution in [0.1, 0.15) is 26.7 Å². The van der Waals surface area contributed by atoms with Crippen LogP contribution < -0.4 is 9.47 Å². The molecule has 104 valence electrons. The van der Waals surface area contributed by atoms with Crippen LogP contribution in [0.25, 0.3) is 0 Å². The van der Waals surface area contributed by atoms with Gasteiger partial charge in [-0.25, -0.2) is 4.79 Å². The number of benzene rings is 1. The van der Waals surface area contributed by atoms with E-state index in [1.807, 2.05) is 0 Å². The quantitative estimate of drug-likeness (QED) is 0.843. The van der Waals surface area contributed by atoms with Crippen molar-refractivity contribution >= 4 is 11.8 Å². The van der Waals surface area contributed by atoms with E-state index in [4.69, 9.17) is 19.0 Å². The average molecular weight is 276 g/mol. The molecule has 0 bridgehead atoms. The van der Waals surface area contributed by atoms with Crippen molar-refractivity contribution in [3.8, 4) is 11.5 Å².